The smallest absolute Gasteiger partial charge is 0.332 e. The average Bonchev–Trinajstić information content (AvgIpc) is 3.11. The lowest BCUT2D eigenvalue weighted by Gasteiger charge is -2.16. The van der Waals surface area contributed by atoms with E-state index in [9.17, 15) is 14.7 Å². The highest BCUT2D eigenvalue weighted by molar-refractivity contribution is 5.74. The van der Waals surface area contributed by atoms with Gasteiger partial charge in [0, 0.05) is 27.2 Å². The van der Waals surface area contributed by atoms with Crippen LogP contribution >= 0.6 is 0 Å². The van der Waals surface area contributed by atoms with E-state index in [2.05, 4.69) is 27.8 Å². The normalized spacial score (nSPS) is 12.4. The van der Waals surface area contributed by atoms with E-state index in [1.165, 1.54) is 17.2 Å². The van der Waals surface area contributed by atoms with E-state index in [0.29, 0.717) is 19.0 Å². The maximum Gasteiger partial charge on any atom is 0.332 e. The van der Waals surface area contributed by atoms with Crippen LogP contribution in [0.25, 0.3) is 11.2 Å². The zero-order chi connectivity index (χ0) is 21.7. The Morgan fingerprint density at radius 1 is 1.10 bits per heavy atom. The maximum absolute atomic E-state index is 12.7. The van der Waals surface area contributed by atoms with E-state index in [1.807, 2.05) is 18.2 Å². The fourth-order valence-corrected chi connectivity index (χ4v) is 3.35. The van der Waals surface area contributed by atoms with Crippen molar-refractivity contribution in [1.82, 2.24) is 24.0 Å². The molecule has 0 amide bonds. The van der Waals surface area contributed by atoms with Gasteiger partial charge in [0.15, 0.2) is 11.2 Å². The first-order valence-corrected chi connectivity index (χ1v) is 9.87. The summed E-state index contributed by atoms with van der Waals surface area (Å²) in [6, 6.07) is 10.1. The monoisotopic (exact) mass is 416 g/mol. The van der Waals surface area contributed by atoms with Gasteiger partial charge < -0.3 is 25.4 Å². The zero-order valence-corrected chi connectivity index (χ0v) is 17.2. The van der Waals surface area contributed by atoms with E-state index in [1.54, 1.807) is 11.6 Å². The number of hydrogen-bond donors (Lipinski definition) is 4. The molecule has 0 aliphatic heterocycles. The third-order valence-corrected chi connectivity index (χ3v) is 4.95. The Labute approximate surface area is 173 Å². The van der Waals surface area contributed by atoms with Crippen molar-refractivity contribution in [2.45, 2.75) is 19.1 Å². The van der Waals surface area contributed by atoms with Gasteiger partial charge in [0.05, 0.1) is 19.3 Å². The lowest BCUT2D eigenvalue weighted by Crippen LogP contribution is -2.38. The van der Waals surface area contributed by atoms with Crippen molar-refractivity contribution in [2.24, 2.45) is 14.1 Å². The highest BCUT2D eigenvalue weighted by Gasteiger charge is 2.20. The van der Waals surface area contributed by atoms with Gasteiger partial charge in [-0.05, 0) is 18.5 Å². The predicted molar refractivity (Wildman–Crippen MR) is 115 cm³/mol. The van der Waals surface area contributed by atoms with E-state index in [-0.39, 0.29) is 30.9 Å². The summed E-state index contributed by atoms with van der Waals surface area (Å²) < 4.78 is 3.87. The van der Waals surface area contributed by atoms with E-state index in [4.69, 9.17) is 5.11 Å². The second-order valence-corrected chi connectivity index (χ2v) is 7.17. The van der Waals surface area contributed by atoms with Gasteiger partial charge in [-0.25, -0.2) is 4.79 Å². The highest BCUT2D eigenvalue weighted by Crippen LogP contribution is 2.16. The molecule has 0 fully saturated rings. The molecule has 1 unspecified atom stereocenters. The molecule has 0 aliphatic carbocycles. The average molecular weight is 416 g/mol. The van der Waals surface area contributed by atoms with Crippen LogP contribution in [0, 0.1) is 0 Å². The predicted octanol–water partition coefficient (Wildman–Crippen LogP) is -0.969. The minimum Gasteiger partial charge on any atom is -0.395 e. The molecule has 3 aromatic rings. The molecular weight excluding hydrogens is 388 g/mol. The van der Waals surface area contributed by atoms with E-state index >= 15 is 0 Å². The third kappa shape index (κ3) is 4.61. The number of anilines is 1. The number of aliphatic hydroxyl groups excluding tert-OH is 2. The van der Waals surface area contributed by atoms with Gasteiger partial charge in [0.1, 0.15) is 0 Å². The molecule has 2 aromatic heterocycles. The van der Waals surface area contributed by atoms with Crippen molar-refractivity contribution in [3.63, 3.8) is 0 Å². The Balaban J connectivity index is 1.77. The fourth-order valence-electron chi connectivity index (χ4n) is 3.35. The molecule has 10 heteroatoms. The van der Waals surface area contributed by atoms with Crippen LogP contribution in [-0.4, -0.2) is 61.2 Å². The van der Waals surface area contributed by atoms with Crippen LogP contribution in [-0.2, 0) is 27.1 Å². The van der Waals surface area contributed by atoms with E-state index in [0.717, 1.165) is 11.0 Å². The first-order valence-electron chi connectivity index (χ1n) is 9.87. The summed E-state index contributed by atoms with van der Waals surface area (Å²) >= 11 is 0. The maximum atomic E-state index is 12.7. The van der Waals surface area contributed by atoms with Gasteiger partial charge in [0.25, 0.3) is 5.56 Å². The van der Waals surface area contributed by atoms with Gasteiger partial charge >= 0.3 is 5.69 Å². The lowest BCUT2D eigenvalue weighted by atomic mass is 10.1. The van der Waals surface area contributed by atoms with Gasteiger partial charge in [-0.15, -0.1) is 0 Å². The van der Waals surface area contributed by atoms with Gasteiger partial charge in [0.2, 0.25) is 5.95 Å². The van der Waals surface area contributed by atoms with Crippen LogP contribution < -0.4 is 21.9 Å². The number of aromatic nitrogens is 4. The molecular formula is C20H28N6O4. The number of nitrogens with zero attached hydrogens (tertiary/aromatic N) is 4. The first-order chi connectivity index (χ1) is 14.4. The summed E-state index contributed by atoms with van der Waals surface area (Å²) in [6.45, 7) is 1.25. The van der Waals surface area contributed by atoms with Crippen LogP contribution in [0.1, 0.15) is 5.56 Å². The number of aliphatic hydroxyl groups is 2. The summed E-state index contributed by atoms with van der Waals surface area (Å²) in [5, 5.41) is 25.8. The third-order valence-electron chi connectivity index (χ3n) is 4.95. The fraction of sp³-hybridized carbons (Fsp3) is 0.450. The molecule has 162 valence electrons. The Morgan fingerprint density at radius 2 is 1.83 bits per heavy atom. The standard InChI is InChI=1S/C20H28N6O4/c1-24-17-16(18(29)25(2)20(24)30)26(19(23-17)22-10-11-27)13-15(28)12-21-9-8-14-6-4-3-5-7-14/h3-7,15,21,27-28H,8-13H2,1-2H3,(H,22,23). The van der Waals surface area contributed by atoms with Crippen molar-refractivity contribution in [1.29, 1.82) is 0 Å². The molecule has 0 saturated carbocycles. The highest BCUT2D eigenvalue weighted by atomic mass is 16.3. The summed E-state index contributed by atoms with van der Waals surface area (Å²) in [4.78, 5) is 29.3. The zero-order valence-electron chi connectivity index (χ0n) is 17.2. The minimum atomic E-state index is -0.783. The number of imidazole rings is 1. The van der Waals surface area contributed by atoms with Crippen LogP contribution in [0.4, 0.5) is 5.95 Å². The molecule has 1 atom stereocenters. The lowest BCUT2D eigenvalue weighted by molar-refractivity contribution is 0.153. The number of aryl methyl sites for hydroxylation is 1. The van der Waals surface area contributed by atoms with Gasteiger partial charge in [-0.3, -0.25) is 13.9 Å². The van der Waals surface area contributed by atoms with Crippen molar-refractivity contribution in [3.8, 4) is 0 Å². The Kier molecular flexibility index (Phi) is 7.03. The molecule has 30 heavy (non-hydrogen) atoms. The summed E-state index contributed by atoms with van der Waals surface area (Å²) in [5.41, 5.74) is 0.701. The Morgan fingerprint density at radius 3 is 2.53 bits per heavy atom. The Hall–Kier alpha value is -2.95. The second kappa shape index (κ2) is 9.70. The van der Waals surface area contributed by atoms with Crippen LogP contribution in [0.5, 0.6) is 0 Å². The van der Waals surface area contributed by atoms with Crippen LogP contribution in [0.2, 0.25) is 0 Å². The molecule has 2 heterocycles. The van der Waals surface area contributed by atoms with Crippen molar-refractivity contribution >= 4 is 17.1 Å². The largest absolute Gasteiger partial charge is 0.395 e. The number of fused-ring (bicyclic) bond motifs is 1. The number of hydrogen-bond acceptors (Lipinski definition) is 7. The first kappa shape index (κ1) is 21.8. The molecule has 0 spiro atoms. The summed E-state index contributed by atoms with van der Waals surface area (Å²) in [6.07, 6.45) is 0.0582. The number of rotatable bonds is 10. The molecule has 0 aliphatic rings. The number of nitrogens with one attached hydrogen (secondary N) is 2. The quantitative estimate of drug-likeness (QED) is 0.313. The number of benzene rings is 1. The minimum absolute atomic E-state index is 0.107. The molecule has 0 radical (unpaired) electrons. The summed E-state index contributed by atoms with van der Waals surface area (Å²) in [5.74, 6) is 0.320. The van der Waals surface area contributed by atoms with Crippen molar-refractivity contribution in [2.75, 3.05) is 31.6 Å². The molecule has 0 saturated heterocycles. The molecule has 10 nitrogen and oxygen atoms in total. The molecule has 1 aromatic carbocycles. The molecule has 4 N–H and O–H groups in total. The Bertz CT molecular complexity index is 1100. The topological polar surface area (TPSA) is 126 Å². The van der Waals surface area contributed by atoms with Crippen molar-refractivity contribution < 1.29 is 10.2 Å². The van der Waals surface area contributed by atoms with Crippen molar-refractivity contribution in [3.05, 3.63) is 56.7 Å². The summed E-state index contributed by atoms with van der Waals surface area (Å²) in [7, 11) is 2.95. The second-order valence-electron chi connectivity index (χ2n) is 7.17. The SMILES string of the molecule is Cn1c(=O)c2c(nc(NCCO)n2CC(O)CNCCc2ccccc2)n(C)c1=O. The van der Waals surface area contributed by atoms with E-state index < -0.39 is 17.4 Å². The van der Waals surface area contributed by atoms with Gasteiger partial charge in [-0.1, -0.05) is 30.3 Å². The molecule has 3 rings (SSSR count). The van der Waals surface area contributed by atoms with Crippen LogP contribution in [0.3, 0.4) is 0 Å². The van der Waals surface area contributed by atoms with Gasteiger partial charge in [-0.2, -0.15) is 4.98 Å². The van der Waals surface area contributed by atoms with Crippen LogP contribution in [0.15, 0.2) is 39.9 Å². The molecule has 0 bridgehead atoms.